The van der Waals surface area contributed by atoms with Crippen LogP contribution in [0.15, 0.2) is 41.4 Å². The molecule has 1 atom stereocenters. The van der Waals surface area contributed by atoms with Crippen LogP contribution in [0.3, 0.4) is 0 Å². The second kappa shape index (κ2) is 5.70. The molecule has 2 aromatic carbocycles. The smallest absolute Gasteiger partial charge is 0.278 e. The molecule has 0 fully saturated rings. The summed E-state index contributed by atoms with van der Waals surface area (Å²) >= 11 is 0. The van der Waals surface area contributed by atoms with Crippen LogP contribution in [0, 0.1) is 6.92 Å². The molecule has 4 nitrogen and oxygen atoms in total. The minimum atomic E-state index is -0.218. The largest absolute Gasteiger partial charge is 0.497 e. The van der Waals surface area contributed by atoms with E-state index in [1.165, 1.54) is 11.1 Å². The first kappa shape index (κ1) is 16.8. The van der Waals surface area contributed by atoms with Gasteiger partial charge in [-0.05, 0) is 69.0 Å². The summed E-state index contributed by atoms with van der Waals surface area (Å²) in [6.45, 7) is 8.62. The third kappa shape index (κ3) is 2.44. The standard InChI is InChI=1S/C22H24N2O2/c1-13-10-17-14(2)12-22(3,4)24-20(17)18(11-13)19(21(24)25)23-15-6-8-16(26-5)9-7-15/h6-11,14H,12H2,1-5H3. The fourth-order valence-corrected chi connectivity index (χ4v) is 4.36. The van der Waals surface area contributed by atoms with Gasteiger partial charge in [-0.25, -0.2) is 4.99 Å². The highest BCUT2D eigenvalue weighted by Crippen LogP contribution is 2.49. The van der Waals surface area contributed by atoms with Gasteiger partial charge in [0.2, 0.25) is 0 Å². The van der Waals surface area contributed by atoms with Gasteiger partial charge in [0.05, 0.1) is 18.5 Å². The van der Waals surface area contributed by atoms with Crippen LogP contribution in [0.5, 0.6) is 5.75 Å². The normalized spacial score (nSPS) is 21.9. The number of hydrogen-bond acceptors (Lipinski definition) is 3. The van der Waals surface area contributed by atoms with E-state index in [2.05, 4.69) is 39.8 Å². The Morgan fingerprint density at radius 1 is 1.19 bits per heavy atom. The number of aliphatic imine (C=N–C) groups is 1. The summed E-state index contributed by atoms with van der Waals surface area (Å²) in [6, 6.07) is 11.8. The molecule has 0 radical (unpaired) electrons. The zero-order valence-corrected chi connectivity index (χ0v) is 16.0. The number of rotatable bonds is 2. The van der Waals surface area contributed by atoms with Crippen LogP contribution in [-0.2, 0) is 4.79 Å². The third-order valence-corrected chi connectivity index (χ3v) is 5.42. The lowest BCUT2D eigenvalue weighted by molar-refractivity contribution is -0.113. The van der Waals surface area contributed by atoms with Gasteiger partial charge in [-0.2, -0.15) is 0 Å². The highest BCUT2D eigenvalue weighted by molar-refractivity contribution is 6.55. The van der Waals surface area contributed by atoms with E-state index in [1.807, 2.05) is 29.2 Å². The molecule has 134 valence electrons. The van der Waals surface area contributed by atoms with E-state index in [4.69, 9.17) is 9.73 Å². The molecule has 2 aliphatic heterocycles. The van der Waals surface area contributed by atoms with E-state index in [9.17, 15) is 4.79 Å². The van der Waals surface area contributed by atoms with Crippen LogP contribution in [0.2, 0.25) is 0 Å². The van der Waals surface area contributed by atoms with Gasteiger partial charge in [0.1, 0.15) is 11.5 Å². The average molecular weight is 348 g/mol. The Kier molecular flexibility index (Phi) is 3.69. The molecule has 4 rings (SSSR count). The fourth-order valence-electron chi connectivity index (χ4n) is 4.36. The van der Waals surface area contributed by atoms with Gasteiger partial charge in [0.25, 0.3) is 5.91 Å². The molecule has 0 spiro atoms. The number of carbonyl (C=O) groups excluding carboxylic acids is 1. The fraction of sp³-hybridized carbons (Fsp3) is 0.364. The Balaban J connectivity index is 1.91. The number of nitrogens with zero attached hydrogens (tertiary/aromatic N) is 2. The molecule has 1 amide bonds. The Morgan fingerprint density at radius 3 is 2.54 bits per heavy atom. The zero-order valence-electron chi connectivity index (χ0n) is 16.0. The van der Waals surface area contributed by atoms with Crippen LogP contribution in [-0.4, -0.2) is 24.3 Å². The summed E-state index contributed by atoms with van der Waals surface area (Å²) in [5.41, 5.74) is 5.52. The topological polar surface area (TPSA) is 41.9 Å². The molecule has 0 aliphatic carbocycles. The molecule has 2 aliphatic rings. The van der Waals surface area contributed by atoms with Crippen molar-refractivity contribution in [2.24, 2.45) is 4.99 Å². The maximum Gasteiger partial charge on any atom is 0.278 e. The van der Waals surface area contributed by atoms with Gasteiger partial charge in [0.15, 0.2) is 0 Å². The van der Waals surface area contributed by atoms with Crippen molar-refractivity contribution in [3.05, 3.63) is 53.1 Å². The van der Waals surface area contributed by atoms with Gasteiger partial charge in [-0.15, -0.1) is 0 Å². The van der Waals surface area contributed by atoms with E-state index >= 15 is 0 Å². The molecule has 4 heteroatoms. The van der Waals surface area contributed by atoms with Crippen LogP contribution in [0.1, 0.15) is 49.8 Å². The lowest BCUT2D eigenvalue weighted by Gasteiger charge is -2.43. The minimum absolute atomic E-state index is 0.000400. The number of benzene rings is 2. The first-order chi connectivity index (χ1) is 12.3. The Morgan fingerprint density at radius 2 is 1.88 bits per heavy atom. The highest BCUT2D eigenvalue weighted by Gasteiger charge is 2.47. The van der Waals surface area contributed by atoms with Gasteiger partial charge >= 0.3 is 0 Å². The van der Waals surface area contributed by atoms with Crippen LogP contribution in [0.25, 0.3) is 0 Å². The number of carbonyl (C=O) groups is 1. The Bertz CT molecular complexity index is 926. The van der Waals surface area contributed by atoms with Crippen molar-refractivity contribution in [2.45, 2.75) is 45.6 Å². The molecule has 26 heavy (non-hydrogen) atoms. The molecule has 0 saturated carbocycles. The summed E-state index contributed by atoms with van der Waals surface area (Å²) < 4.78 is 5.21. The molecule has 0 bridgehead atoms. The van der Waals surface area contributed by atoms with Crippen LogP contribution >= 0.6 is 0 Å². The van der Waals surface area contributed by atoms with Crippen LogP contribution in [0.4, 0.5) is 11.4 Å². The third-order valence-electron chi connectivity index (χ3n) is 5.42. The number of hydrogen-bond donors (Lipinski definition) is 0. The molecule has 0 saturated heterocycles. The summed E-state index contributed by atoms with van der Waals surface area (Å²) in [6.07, 6.45) is 0.949. The predicted molar refractivity (Wildman–Crippen MR) is 105 cm³/mol. The van der Waals surface area contributed by atoms with Crippen molar-refractivity contribution in [1.29, 1.82) is 0 Å². The summed E-state index contributed by atoms with van der Waals surface area (Å²) in [5, 5.41) is 0. The number of aryl methyl sites for hydroxylation is 1. The van der Waals surface area contributed by atoms with E-state index in [-0.39, 0.29) is 11.4 Å². The van der Waals surface area contributed by atoms with Crippen molar-refractivity contribution in [2.75, 3.05) is 12.0 Å². The number of anilines is 1. The SMILES string of the molecule is COc1ccc(N=C2C(=O)N3c4c2cc(C)cc4C(C)CC3(C)C)cc1. The molecule has 0 aromatic heterocycles. The second-order valence-electron chi connectivity index (χ2n) is 7.97. The van der Waals surface area contributed by atoms with Gasteiger partial charge < -0.3 is 9.64 Å². The first-order valence-electron chi connectivity index (χ1n) is 9.04. The molecule has 2 aromatic rings. The quantitative estimate of drug-likeness (QED) is 0.785. The van der Waals surface area contributed by atoms with Gasteiger partial charge in [-0.1, -0.05) is 18.6 Å². The monoisotopic (exact) mass is 348 g/mol. The average Bonchev–Trinajstić information content (AvgIpc) is 2.86. The molecular formula is C22H24N2O2. The lowest BCUT2D eigenvalue weighted by atomic mass is 9.80. The molecule has 1 unspecified atom stereocenters. The van der Waals surface area contributed by atoms with Crippen molar-refractivity contribution in [1.82, 2.24) is 0 Å². The van der Waals surface area contributed by atoms with Crippen molar-refractivity contribution in [3.8, 4) is 5.75 Å². The summed E-state index contributed by atoms with van der Waals surface area (Å²) in [7, 11) is 1.64. The Labute approximate surface area is 154 Å². The maximum atomic E-state index is 13.3. The van der Waals surface area contributed by atoms with E-state index in [1.54, 1.807) is 7.11 Å². The van der Waals surface area contributed by atoms with E-state index < -0.39 is 0 Å². The maximum absolute atomic E-state index is 13.3. The first-order valence-corrected chi connectivity index (χ1v) is 9.04. The minimum Gasteiger partial charge on any atom is -0.497 e. The number of methoxy groups -OCH3 is 1. The predicted octanol–water partition coefficient (Wildman–Crippen LogP) is 4.76. The summed E-state index contributed by atoms with van der Waals surface area (Å²) in [5.74, 6) is 1.20. The summed E-state index contributed by atoms with van der Waals surface area (Å²) in [4.78, 5) is 20.0. The van der Waals surface area contributed by atoms with Crippen molar-refractivity contribution in [3.63, 3.8) is 0 Å². The lowest BCUT2D eigenvalue weighted by Crippen LogP contribution is -2.50. The molecule has 0 N–H and O–H groups in total. The van der Waals surface area contributed by atoms with Gasteiger partial charge in [0, 0.05) is 11.1 Å². The zero-order chi connectivity index (χ0) is 18.6. The number of ether oxygens (including phenoxy) is 1. The van der Waals surface area contributed by atoms with Gasteiger partial charge in [-0.3, -0.25) is 4.79 Å². The molecular weight excluding hydrogens is 324 g/mol. The number of amides is 1. The Hall–Kier alpha value is -2.62. The van der Waals surface area contributed by atoms with E-state index in [0.29, 0.717) is 11.6 Å². The molecule has 2 heterocycles. The van der Waals surface area contributed by atoms with E-state index in [0.717, 1.165) is 29.1 Å². The van der Waals surface area contributed by atoms with Crippen LogP contribution < -0.4 is 9.64 Å². The second-order valence-corrected chi connectivity index (χ2v) is 7.97. The highest BCUT2D eigenvalue weighted by atomic mass is 16.5. The van der Waals surface area contributed by atoms with Crippen molar-refractivity contribution < 1.29 is 9.53 Å². The van der Waals surface area contributed by atoms with Crippen molar-refractivity contribution >= 4 is 23.0 Å².